The maximum atomic E-state index is 5.49. The van der Waals surface area contributed by atoms with Gasteiger partial charge in [-0.3, -0.25) is 0 Å². The van der Waals surface area contributed by atoms with Crippen molar-refractivity contribution in [1.82, 2.24) is 4.90 Å². The average molecular weight is 308 g/mol. The number of hydrogen-bond donors (Lipinski definition) is 0. The minimum atomic E-state index is -0.343. The average Bonchev–Trinajstić information content (AvgIpc) is 2.98. The number of thiocarbonyl (C=S) groups is 1. The van der Waals surface area contributed by atoms with Crippen molar-refractivity contribution in [2.75, 3.05) is 14.1 Å². The number of hydrogen-bond acceptors (Lipinski definition) is 4. The van der Waals surface area contributed by atoms with E-state index in [1.807, 2.05) is 37.2 Å². The molecule has 0 aromatic heterocycles. The summed E-state index contributed by atoms with van der Waals surface area (Å²) in [5.41, 5.74) is 2.00. The summed E-state index contributed by atoms with van der Waals surface area (Å²) in [6.07, 6.45) is 2.14. The Hall–Kier alpha value is -1.11. The van der Waals surface area contributed by atoms with Crippen LogP contribution in [0.5, 0.6) is 0 Å². The summed E-state index contributed by atoms with van der Waals surface area (Å²) in [6.45, 7) is 0. The van der Waals surface area contributed by atoms with Crippen LogP contribution in [0, 0.1) is 0 Å². The van der Waals surface area contributed by atoms with E-state index in [-0.39, 0.29) is 9.80 Å². The monoisotopic (exact) mass is 308 g/mol. The van der Waals surface area contributed by atoms with Crippen LogP contribution in [0.1, 0.15) is 5.56 Å². The van der Waals surface area contributed by atoms with Crippen molar-refractivity contribution in [2.24, 2.45) is 5.16 Å². The number of benzene rings is 1. The van der Waals surface area contributed by atoms with Gasteiger partial charge >= 0.3 is 0 Å². The highest BCUT2D eigenvalue weighted by Gasteiger charge is 2.30. The Morgan fingerprint density at radius 3 is 2.74 bits per heavy atom. The SMILES string of the molecule is CN(C)C(=S)C1=NOS2=C1C=C(c1ccccc1)S2. The third-order valence-electron chi connectivity index (χ3n) is 2.70. The Labute approximate surface area is 123 Å². The van der Waals surface area contributed by atoms with Crippen molar-refractivity contribution in [1.29, 1.82) is 0 Å². The minimum absolute atomic E-state index is 0.343. The van der Waals surface area contributed by atoms with Gasteiger partial charge in [-0.25, -0.2) is 0 Å². The van der Waals surface area contributed by atoms with Crippen LogP contribution in [0.3, 0.4) is 0 Å². The Morgan fingerprint density at radius 1 is 1.32 bits per heavy atom. The van der Waals surface area contributed by atoms with Crippen LogP contribution in [0.2, 0.25) is 0 Å². The highest BCUT2D eigenvalue weighted by molar-refractivity contribution is 8.86. The number of allylic oxidation sites excluding steroid dienone is 1. The molecule has 0 saturated heterocycles. The Bertz CT molecular complexity index is 633. The van der Waals surface area contributed by atoms with Gasteiger partial charge in [0.25, 0.3) is 0 Å². The fraction of sp³-hybridized carbons (Fsp3) is 0.154. The molecule has 0 aliphatic carbocycles. The summed E-state index contributed by atoms with van der Waals surface area (Å²) in [6, 6.07) is 10.3. The zero-order valence-electron chi connectivity index (χ0n) is 10.5. The molecule has 0 amide bonds. The molecular formula is C13H12N2OS3. The van der Waals surface area contributed by atoms with Crippen LogP contribution in [0.15, 0.2) is 41.6 Å². The van der Waals surface area contributed by atoms with Crippen molar-refractivity contribution in [2.45, 2.75) is 0 Å². The van der Waals surface area contributed by atoms with Gasteiger partial charge in [-0.2, -0.15) is 0 Å². The first-order valence-corrected chi connectivity index (χ1v) is 8.60. The molecule has 1 unspecified atom stereocenters. The largest absolute Gasteiger partial charge is 0.367 e. The van der Waals surface area contributed by atoms with Crippen LogP contribution in [0.4, 0.5) is 0 Å². The van der Waals surface area contributed by atoms with Gasteiger partial charge < -0.3 is 9.18 Å². The molecule has 0 spiro atoms. The molecule has 6 heteroatoms. The molecule has 1 atom stereocenters. The summed E-state index contributed by atoms with van der Waals surface area (Å²) in [5, 5.41) is 4.11. The zero-order chi connectivity index (χ0) is 13.4. The molecule has 98 valence electrons. The molecule has 2 heterocycles. The van der Waals surface area contributed by atoms with E-state index in [0.717, 1.165) is 15.6 Å². The summed E-state index contributed by atoms with van der Waals surface area (Å²) in [4.78, 5) is 4.92. The molecule has 0 radical (unpaired) electrons. The van der Waals surface area contributed by atoms with E-state index in [2.05, 4.69) is 23.4 Å². The molecule has 19 heavy (non-hydrogen) atoms. The third-order valence-corrected chi connectivity index (χ3v) is 6.54. The molecule has 3 rings (SSSR count). The molecular weight excluding hydrogens is 296 g/mol. The van der Waals surface area contributed by atoms with E-state index in [1.165, 1.54) is 10.5 Å². The van der Waals surface area contributed by atoms with Crippen LogP contribution in [-0.2, 0) is 4.28 Å². The van der Waals surface area contributed by atoms with E-state index in [9.17, 15) is 0 Å². The predicted octanol–water partition coefficient (Wildman–Crippen LogP) is 3.32. The Kier molecular flexibility index (Phi) is 3.47. The fourth-order valence-corrected chi connectivity index (χ4v) is 5.18. The molecule has 1 aromatic rings. The second-order valence-corrected chi connectivity index (χ2v) is 7.73. The maximum Gasteiger partial charge on any atom is 0.155 e. The standard InChI is InChI=1S/C13H12N2OS3/c1-15(2)13(17)12-11-8-10(18-19(11)16-14-12)9-6-4-3-5-7-9/h3-8H,1-2H3. The number of oxime groups is 1. The lowest BCUT2D eigenvalue weighted by Crippen LogP contribution is -2.31. The lowest BCUT2D eigenvalue weighted by atomic mass is 10.1. The van der Waals surface area contributed by atoms with E-state index in [4.69, 9.17) is 16.5 Å². The van der Waals surface area contributed by atoms with Gasteiger partial charge in [0, 0.05) is 19.0 Å². The summed E-state index contributed by atoms with van der Waals surface area (Å²) >= 11 is 5.38. The Balaban J connectivity index is 1.90. The second-order valence-electron chi connectivity index (χ2n) is 4.27. The minimum Gasteiger partial charge on any atom is -0.367 e. The molecule has 0 bridgehead atoms. The van der Waals surface area contributed by atoms with E-state index in [1.54, 1.807) is 10.8 Å². The second kappa shape index (κ2) is 5.11. The van der Waals surface area contributed by atoms with E-state index in [0.29, 0.717) is 0 Å². The summed E-state index contributed by atoms with van der Waals surface area (Å²) < 4.78 is 5.49. The van der Waals surface area contributed by atoms with Crippen LogP contribution in [0.25, 0.3) is 4.91 Å². The summed E-state index contributed by atoms with van der Waals surface area (Å²) in [7, 11) is 5.21. The van der Waals surface area contributed by atoms with Crippen molar-refractivity contribution >= 4 is 53.3 Å². The Morgan fingerprint density at radius 2 is 2.05 bits per heavy atom. The van der Waals surface area contributed by atoms with E-state index < -0.39 is 0 Å². The van der Waals surface area contributed by atoms with Gasteiger partial charge in [-0.1, -0.05) is 47.7 Å². The van der Waals surface area contributed by atoms with Crippen molar-refractivity contribution in [3.8, 4) is 0 Å². The van der Waals surface area contributed by atoms with Crippen molar-refractivity contribution in [3.63, 3.8) is 0 Å². The first-order valence-electron chi connectivity index (χ1n) is 5.71. The van der Waals surface area contributed by atoms with E-state index >= 15 is 0 Å². The fourth-order valence-electron chi connectivity index (χ4n) is 1.73. The highest BCUT2D eigenvalue weighted by Crippen LogP contribution is 2.51. The van der Waals surface area contributed by atoms with Gasteiger partial charge in [0.1, 0.15) is 4.99 Å². The van der Waals surface area contributed by atoms with Gasteiger partial charge in [0.15, 0.2) is 5.71 Å². The zero-order valence-corrected chi connectivity index (χ0v) is 12.9. The van der Waals surface area contributed by atoms with Gasteiger partial charge in [-0.15, -0.1) is 0 Å². The van der Waals surface area contributed by atoms with Gasteiger partial charge in [0.2, 0.25) is 0 Å². The molecule has 0 fully saturated rings. The molecule has 0 saturated carbocycles. The molecule has 2 aliphatic rings. The van der Waals surface area contributed by atoms with Crippen LogP contribution < -0.4 is 0 Å². The smallest absolute Gasteiger partial charge is 0.155 e. The molecule has 0 N–H and O–H groups in total. The molecule has 3 nitrogen and oxygen atoms in total. The number of rotatable bonds is 2. The van der Waals surface area contributed by atoms with Crippen LogP contribution in [-0.4, -0.2) is 34.6 Å². The molecule has 2 aliphatic heterocycles. The quantitative estimate of drug-likeness (QED) is 0.618. The third kappa shape index (κ3) is 2.35. The van der Waals surface area contributed by atoms with Gasteiger partial charge in [-0.05, 0) is 22.4 Å². The lowest BCUT2D eigenvalue weighted by Gasteiger charge is -2.12. The highest BCUT2D eigenvalue weighted by atomic mass is 33.1. The lowest BCUT2D eigenvalue weighted by molar-refractivity contribution is 0.415. The van der Waals surface area contributed by atoms with Gasteiger partial charge in [0.05, 0.1) is 14.7 Å². The maximum absolute atomic E-state index is 5.49. The normalized spacial score (nSPS) is 20.5. The number of nitrogens with zero attached hydrogens (tertiary/aromatic N) is 2. The first kappa shape index (κ1) is 12.9. The first-order chi connectivity index (χ1) is 9.16. The summed E-state index contributed by atoms with van der Waals surface area (Å²) in [5.74, 6) is 0. The predicted molar refractivity (Wildman–Crippen MR) is 89.4 cm³/mol. The topological polar surface area (TPSA) is 24.8 Å². The van der Waals surface area contributed by atoms with Crippen molar-refractivity contribution < 1.29 is 4.28 Å². The van der Waals surface area contributed by atoms with Crippen LogP contribution >= 0.6 is 32.8 Å². The molecule has 1 aromatic carbocycles. The van der Waals surface area contributed by atoms with Crippen molar-refractivity contribution in [3.05, 3.63) is 42.0 Å².